The maximum absolute atomic E-state index is 13.5. The van der Waals surface area contributed by atoms with Gasteiger partial charge in [-0.3, -0.25) is 14.0 Å². The van der Waals surface area contributed by atoms with Crippen molar-refractivity contribution in [1.82, 2.24) is 24.8 Å². The third-order valence-corrected chi connectivity index (χ3v) is 9.17. The van der Waals surface area contributed by atoms with Crippen LogP contribution in [-0.2, 0) is 15.4 Å². The lowest BCUT2D eigenvalue weighted by Gasteiger charge is -2.32. The molecule has 2 heterocycles. The summed E-state index contributed by atoms with van der Waals surface area (Å²) in [5.41, 5.74) is 3.84. The Kier molecular flexibility index (Phi) is 9.93. The molecule has 2 aromatic heterocycles. The fourth-order valence-corrected chi connectivity index (χ4v) is 6.99. The number of ether oxygens (including phenoxy) is 2. The highest BCUT2D eigenvalue weighted by Gasteiger charge is 2.31. The molecule has 1 aliphatic carbocycles. The summed E-state index contributed by atoms with van der Waals surface area (Å²) in [6.07, 6.45) is 4.13. The van der Waals surface area contributed by atoms with Crippen molar-refractivity contribution in [3.63, 3.8) is 0 Å². The Labute approximate surface area is 283 Å². The van der Waals surface area contributed by atoms with E-state index in [0.717, 1.165) is 34.4 Å². The van der Waals surface area contributed by atoms with E-state index >= 15 is 0 Å². The SMILES string of the molecule is COc1c(NC(=O)N[C@H]2CC[C@@H](Oc3ccc4nnc([C@H](C(C)C)N(C)C)n4c3)c3ccccc32)cc(C(C)(C)C)cc1NS(C)(=O)=O. The molecule has 13 heteroatoms. The number of methoxy groups -OCH3 is 1. The second-order valence-electron chi connectivity index (χ2n) is 14.0. The van der Waals surface area contributed by atoms with Gasteiger partial charge in [0.15, 0.2) is 17.2 Å². The molecule has 0 saturated heterocycles. The summed E-state index contributed by atoms with van der Waals surface area (Å²) in [5.74, 6) is 2.12. The van der Waals surface area contributed by atoms with Crippen molar-refractivity contribution in [2.24, 2.45) is 5.92 Å². The zero-order valence-electron chi connectivity index (χ0n) is 29.2. The standard InChI is InChI=1S/C35H47N7O5S/c1-21(2)31(41(6)7)33-39-38-30-17-14-23(20-42(30)33)47-29-16-15-26(24-12-10-11-13-25(24)29)36-34(43)37-27-18-22(35(3,4)5)19-28(32(27)46-8)40-48(9,44)45/h10-14,17-21,26,29,31,40H,15-16H2,1-9H3,(H2,36,37,43)/t26-,29+,31-/m0/s1. The van der Waals surface area contributed by atoms with Gasteiger partial charge in [0.1, 0.15) is 11.9 Å². The van der Waals surface area contributed by atoms with E-state index in [2.05, 4.69) is 44.3 Å². The van der Waals surface area contributed by atoms with Crippen LogP contribution in [-0.4, -0.2) is 61.4 Å². The van der Waals surface area contributed by atoms with Gasteiger partial charge in [-0.2, -0.15) is 0 Å². The van der Waals surface area contributed by atoms with E-state index in [1.54, 1.807) is 6.07 Å². The highest BCUT2D eigenvalue weighted by atomic mass is 32.2. The molecule has 0 saturated carbocycles. The van der Waals surface area contributed by atoms with E-state index in [0.29, 0.717) is 30.2 Å². The van der Waals surface area contributed by atoms with Gasteiger partial charge in [-0.05, 0) is 79.2 Å². The number of hydrogen-bond donors (Lipinski definition) is 3. The Morgan fingerprint density at radius 2 is 1.71 bits per heavy atom. The van der Waals surface area contributed by atoms with Crippen LogP contribution in [0.1, 0.15) is 88.2 Å². The Morgan fingerprint density at radius 3 is 2.33 bits per heavy atom. The predicted molar refractivity (Wildman–Crippen MR) is 188 cm³/mol. The molecular weight excluding hydrogens is 630 g/mol. The molecule has 3 atom stereocenters. The number of sulfonamides is 1. The lowest BCUT2D eigenvalue weighted by Crippen LogP contribution is -2.35. The normalized spacial score (nSPS) is 17.2. The maximum atomic E-state index is 13.5. The number of nitrogens with one attached hydrogen (secondary N) is 3. The first-order valence-corrected chi connectivity index (χ1v) is 18.0. The quantitative estimate of drug-likeness (QED) is 0.174. The predicted octanol–water partition coefficient (Wildman–Crippen LogP) is 6.44. The van der Waals surface area contributed by atoms with Crippen LogP contribution < -0.4 is 24.8 Å². The number of benzene rings is 2. The van der Waals surface area contributed by atoms with Crippen LogP contribution in [0.3, 0.4) is 0 Å². The molecule has 0 aliphatic heterocycles. The smallest absolute Gasteiger partial charge is 0.319 e. The summed E-state index contributed by atoms with van der Waals surface area (Å²) in [7, 11) is 1.92. The lowest BCUT2D eigenvalue weighted by molar-refractivity contribution is 0.171. The molecule has 3 N–H and O–H groups in total. The first-order valence-electron chi connectivity index (χ1n) is 16.1. The molecule has 0 radical (unpaired) electrons. The van der Waals surface area contributed by atoms with Crippen LogP contribution in [0.4, 0.5) is 16.2 Å². The van der Waals surface area contributed by atoms with Crippen molar-refractivity contribution in [2.75, 3.05) is 37.5 Å². The van der Waals surface area contributed by atoms with Crippen LogP contribution in [0.15, 0.2) is 54.7 Å². The largest absolute Gasteiger partial charge is 0.492 e. The van der Waals surface area contributed by atoms with Crippen molar-refractivity contribution < 1.29 is 22.7 Å². The van der Waals surface area contributed by atoms with Gasteiger partial charge in [0, 0.05) is 0 Å². The summed E-state index contributed by atoms with van der Waals surface area (Å²) >= 11 is 0. The average molecular weight is 678 g/mol. The molecule has 0 unspecified atom stereocenters. The van der Waals surface area contributed by atoms with Gasteiger partial charge >= 0.3 is 6.03 Å². The minimum Gasteiger partial charge on any atom is -0.492 e. The minimum atomic E-state index is -3.60. The highest BCUT2D eigenvalue weighted by molar-refractivity contribution is 7.92. The van der Waals surface area contributed by atoms with E-state index in [1.807, 2.05) is 87.9 Å². The Balaban J connectivity index is 1.37. The zero-order chi connectivity index (χ0) is 35.0. The van der Waals surface area contributed by atoms with Crippen molar-refractivity contribution in [2.45, 2.75) is 71.1 Å². The summed E-state index contributed by atoms with van der Waals surface area (Å²) in [4.78, 5) is 15.7. The van der Waals surface area contributed by atoms with Gasteiger partial charge in [-0.1, -0.05) is 58.9 Å². The molecule has 48 heavy (non-hydrogen) atoms. The third kappa shape index (κ3) is 7.68. The van der Waals surface area contributed by atoms with Crippen LogP contribution in [0, 0.1) is 5.92 Å². The van der Waals surface area contributed by atoms with Crippen molar-refractivity contribution in [3.05, 3.63) is 77.2 Å². The van der Waals surface area contributed by atoms with Crippen LogP contribution in [0.25, 0.3) is 5.65 Å². The fourth-order valence-electron chi connectivity index (χ4n) is 6.44. The Morgan fingerprint density at radius 1 is 1.02 bits per heavy atom. The molecular formula is C35H47N7O5S. The summed E-state index contributed by atoms with van der Waals surface area (Å²) in [5, 5.41) is 14.9. The number of hydrogen-bond acceptors (Lipinski definition) is 8. The molecule has 12 nitrogen and oxygen atoms in total. The number of pyridine rings is 1. The number of carbonyl (C=O) groups is 1. The fraction of sp³-hybridized carbons (Fsp3) is 0.457. The van der Waals surface area contributed by atoms with Gasteiger partial charge in [-0.15, -0.1) is 10.2 Å². The number of amides is 2. The molecule has 258 valence electrons. The second kappa shape index (κ2) is 13.6. The molecule has 1 aliphatic rings. The van der Waals surface area contributed by atoms with E-state index in [1.165, 1.54) is 7.11 Å². The van der Waals surface area contributed by atoms with Crippen LogP contribution in [0.2, 0.25) is 0 Å². The first-order chi connectivity index (χ1) is 22.6. The van der Waals surface area contributed by atoms with E-state index in [-0.39, 0.29) is 35.0 Å². The van der Waals surface area contributed by atoms with Gasteiger partial charge < -0.3 is 20.1 Å². The Bertz CT molecular complexity index is 1890. The van der Waals surface area contributed by atoms with E-state index < -0.39 is 16.1 Å². The van der Waals surface area contributed by atoms with Crippen molar-refractivity contribution in [3.8, 4) is 11.5 Å². The van der Waals surface area contributed by atoms with E-state index in [4.69, 9.17) is 9.47 Å². The third-order valence-electron chi connectivity index (χ3n) is 8.58. The van der Waals surface area contributed by atoms with Gasteiger partial charge in [0.2, 0.25) is 10.0 Å². The Hall–Kier alpha value is -4.36. The number of rotatable bonds is 10. The summed E-state index contributed by atoms with van der Waals surface area (Å²) in [6.45, 7) is 10.4. The molecule has 2 amide bonds. The number of anilines is 2. The van der Waals surface area contributed by atoms with Crippen molar-refractivity contribution in [1.29, 1.82) is 0 Å². The first kappa shape index (κ1) is 35.0. The van der Waals surface area contributed by atoms with Crippen LogP contribution in [0.5, 0.6) is 11.5 Å². The minimum absolute atomic E-state index is 0.0853. The van der Waals surface area contributed by atoms with Gasteiger partial charge in [0.05, 0.1) is 43.0 Å². The average Bonchev–Trinajstić information content (AvgIpc) is 3.39. The number of nitrogens with zero attached hydrogens (tertiary/aromatic N) is 4. The molecule has 2 aromatic carbocycles. The summed E-state index contributed by atoms with van der Waals surface area (Å²) in [6, 6.07) is 14.7. The number of fused-ring (bicyclic) bond motifs is 2. The van der Waals surface area contributed by atoms with Gasteiger partial charge in [0.25, 0.3) is 0 Å². The van der Waals surface area contributed by atoms with Crippen LogP contribution >= 0.6 is 0 Å². The summed E-state index contributed by atoms with van der Waals surface area (Å²) < 4.78 is 41.0. The molecule has 4 aromatic rings. The molecule has 0 spiro atoms. The zero-order valence-corrected chi connectivity index (χ0v) is 30.0. The van der Waals surface area contributed by atoms with E-state index in [9.17, 15) is 13.2 Å². The monoisotopic (exact) mass is 677 g/mol. The molecule has 0 fully saturated rings. The number of carbonyl (C=O) groups excluding carboxylic acids is 1. The molecule has 0 bridgehead atoms. The number of aromatic nitrogens is 3. The highest BCUT2D eigenvalue weighted by Crippen LogP contribution is 2.41. The lowest BCUT2D eigenvalue weighted by atomic mass is 9.85. The van der Waals surface area contributed by atoms with Gasteiger partial charge in [-0.25, -0.2) is 13.2 Å². The number of urea groups is 1. The maximum Gasteiger partial charge on any atom is 0.319 e. The topological polar surface area (TPSA) is 139 Å². The second-order valence-corrected chi connectivity index (χ2v) is 15.7. The molecule has 5 rings (SSSR count). The van der Waals surface area contributed by atoms with Crippen molar-refractivity contribution >= 4 is 33.1 Å².